The smallest absolute Gasteiger partial charge is 0.325 e. The molecule has 1 atom stereocenters. The van der Waals surface area contributed by atoms with Gasteiger partial charge in [0.1, 0.15) is 12.6 Å². The molecule has 0 aliphatic heterocycles. The fraction of sp³-hybridized carbons (Fsp3) is 0.417. The van der Waals surface area contributed by atoms with E-state index in [2.05, 4.69) is 5.32 Å². The molecule has 0 aliphatic carbocycles. The van der Waals surface area contributed by atoms with Crippen LogP contribution in [0.5, 0.6) is 0 Å². The largest absolute Gasteiger partial charge is 0.460 e. The number of nitrogens with one attached hydrogen (secondary N) is 1. The lowest BCUT2D eigenvalue weighted by molar-refractivity contribution is -0.148. The topological polar surface area (TPSA) is 58.6 Å². The molecule has 0 heterocycles. The molecular weight excluding hydrogens is 206 g/mol. The summed E-state index contributed by atoms with van der Waals surface area (Å²) in [4.78, 5) is 11.5. The van der Waals surface area contributed by atoms with E-state index in [4.69, 9.17) is 9.84 Å². The number of esters is 1. The summed E-state index contributed by atoms with van der Waals surface area (Å²) in [7, 11) is 0. The van der Waals surface area contributed by atoms with E-state index in [-0.39, 0.29) is 13.2 Å². The van der Waals surface area contributed by atoms with E-state index >= 15 is 0 Å². The maximum Gasteiger partial charge on any atom is 0.325 e. The summed E-state index contributed by atoms with van der Waals surface area (Å²) in [5.41, 5.74) is 0.934. The zero-order valence-electron chi connectivity index (χ0n) is 9.35. The van der Waals surface area contributed by atoms with Crippen molar-refractivity contribution < 1.29 is 14.6 Å². The average molecular weight is 223 g/mol. The Morgan fingerprint density at radius 2 is 2.12 bits per heavy atom. The number of hydrogen-bond acceptors (Lipinski definition) is 4. The molecule has 0 saturated heterocycles. The predicted molar refractivity (Wildman–Crippen MR) is 60.8 cm³/mol. The highest BCUT2D eigenvalue weighted by atomic mass is 16.5. The van der Waals surface area contributed by atoms with Crippen LogP contribution >= 0.6 is 0 Å². The highest BCUT2D eigenvalue weighted by Gasteiger charge is 2.17. The van der Waals surface area contributed by atoms with E-state index in [1.165, 1.54) is 0 Å². The molecule has 0 aliphatic rings. The molecule has 88 valence electrons. The zero-order chi connectivity index (χ0) is 11.8. The molecule has 0 saturated carbocycles. The van der Waals surface area contributed by atoms with Crippen LogP contribution in [0.1, 0.15) is 12.5 Å². The van der Waals surface area contributed by atoms with Crippen molar-refractivity contribution >= 4 is 5.97 Å². The third-order valence-corrected chi connectivity index (χ3v) is 2.14. The Hall–Kier alpha value is -1.39. The molecule has 1 aromatic rings. The summed E-state index contributed by atoms with van der Waals surface area (Å²) in [5, 5.41) is 11.8. The first-order valence-corrected chi connectivity index (χ1v) is 5.32. The second kappa shape index (κ2) is 6.98. The maximum atomic E-state index is 11.5. The van der Waals surface area contributed by atoms with Crippen LogP contribution < -0.4 is 5.32 Å². The lowest BCUT2D eigenvalue weighted by atomic mass is 10.2. The number of aliphatic hydroxyl groups is 1. The lowest BCUT2D eigenvalue weighted by Gasteiger charge is -2.13. The zero-order valence-corrected chi connectivity index (χ0v) is 9.35. The van der Waals surface area contributed by atoms with Gasteiger partial charge in [0.15, 0.2) is 0 Å². The molecule has 16 heavy (non-hydrogen) atoms. The summed E-state index contributed by atoms with van der Waals surface area (Å²) < 4.78 is 5.07. The van der Waals surface area contributed by atoms with Crippen molar-refractivity contribution in [3.8, 4) is 0 Å². The van der Waals surface area contributed by atoms with Gasteiger partial charge in [-0.15, -0.1) is 0 Å². The van der Waals surface area contributed by atoms with Crippen LogP contribution in [0.2, 0.25) is 0 Å². The van der Waals surface area contributed by atoms with Crippen molar-refractivity contribution in [1.29, 1.82) is 0 Å². The van der Waals surface area contributed by atoms with Gasteiger partial charge in [-0.3, -0.25) is 4.79 Å². The third-order valence-electron chi connectivity index (χ3n) is 2.14. The Labute approximate surface area is 95.2 Å². The van der Waals surface area contributed by atoms with Crippen LogP contribution in [0.4, 0.5) is 0 Å². The second-order valence-electron chi connectivity index (χ2n) is 3.39. The Balaban J connectivity index is 2.40. The second-order valence-corrected chi connectivity index (χ2v) is 3.39. The number of rotatable bonds is 6. The number of ether oxygens (including phenoxy) is 1. The molecule has 1 rings (SSSR count). The number of benzene rings is 1. The molecular formula is C12H17NO3. The molecule has 0 fully saturated rings. The van der Waals surface area contributed by atoms with Crippen LogP contribution in [0.3, 0.4) is 0 Å². The van der Waals surface area contributed by atoms with Gasteiger partial charge in [-0.05, 0) is 12.1 Å². The highest BCUT2D eigenvalue weighted by Crippen LogP contribution is 2.01. The molecule has 0 amide bonds. The fourth-order valence-corrected chi connectivity index (χ4v) is 1.30. The minimum Gasteiger partial charge on any atom is -0.460 e. The van der Waals surface area contributed by atoms with Gasteiger partial charge in [-0.25, -0.2) is 0 Å². The molecule has 0 unspecified atom stereocenters. The van der Waals surface area contributed by atoms with Gasteiger partial charge in [-0.1, -0.05) is 37.3 Å². The summed E-state index contributed by atoms with van der Waals surface area (Å²) >= 11 is 0. The Morgan fingerprint density at radius 3 is 2.69 bits per heavy atom. The molecule has 1 aromatic carbocycles. The van der Waals surface area contributed by atoms with Gasteiger partial charge in [0, 0.05) is 0 Å². The number of aliphatic hydroxyl groups excluding tert-OH is 1. The fourth-order valence-electron chi connectivity index (χ4n) is 1.30. The van der Waals surface area contributed by atoms with E-state index < -0.39 is 12.0 Å². The number of hydrogen-bond donors (Lipinski definition) is 2. The number of carbonyl (C=O) groups is 1. The van der Waals surface area contributed by atoms with Gasteiger partial charge in [0.05, 0.1) is 6.61 Å². The molecule has 0 radical (unpaired) electrons. The standard InChI is InChI=1S/C12H17NO3/c1-2-13-11(8-14)12(15)16-9-10-6-4-3-5-7-10/h3-7,11,13-14H,2,8-9H2,1H3/t11-/m1/s1. The Morgan fingerprint density at radius 1 is 1.44 bits per heavy atom. The van der Waals surface area contributed by atoms with E-state index in [0.717, 1.165) is 5.56 Å². The normalized spacial score (nSPS) is 12.1. The first-order valence-electron chi connectivity index (χ1n) is 5.32. The van der Waals surface area contributed by atoms with Crippen molar-refractivity contribution in [2.24, 2.45) is 0 Å². The summed E-state index contributed by atoms with van der Waals surface area (Å²) in [5.74, 6) is -0.423. The monoisotopic (exact) mass is 223 g/mol. The quantitative estimate of drug-likeness (QED) is 0.697. The van der Waals surface area contributed by atoms with Gasteiger partial charge in [0.25, 0.3) is 0 Å². The average Bonchev–Trinajstić information content (AvgIpc) is 2.34. The maximum absolute atomic E-state index is 11.5. The first-order chi connectivity index (χ1) is 7.77. The van der Waals surface area contributed by atoms with E-state index in [1.807, 2.05) is 37.3 Å². The minimum atomic E-state index is -0.631. The van der Waals surface area contributed by atoms with Crippen LogP contribution in [-0.2, 0) is 16.1 Å². The van der Waals surface area contributed by atoms with E-state index in [0.29, 0.717) is 6.54 Å². The third kappa shape index (κ3) is 4.00. The molecule has 2 N–H and O–H groups in total. The lowest BCUT2D eigenvalue weighted by Crippen LogP contribution is -2.40. The van der Waals surface area contributed by atoms with Gasteiger partial charge < -0.3 is 15.2 Å². The predicted octanol–water partition coefficient (Wildman–Crippen LogP) is 0.700. The molecule has 4 nitrogen and oxygen atoms in total. The van der Waals surface area contributed by atoms with Crippen LogP contribution in [0, 0.1) is 0 Å². The van der Waals surface area contributed by atoms with Gasteiger partial charge in [-0.2, -0.15) is 0 Å². The number of carbonyl (C=O) groups excluding carboxylic acids is 1. The highest BCUT2D eigenvalue weighted by molar-refractivity contribution is 5.75. The van der Waals surface area contributed by atoms with E-state index in [1.54, 1.807) is 0 Å². The number of likely N-dealkylation sites (N-methyl/N-ethyl adjacent to an activating group) is 1. The van der Waals surface area contributed by atoms with E-state index in [9.17, 15) is 4.79 Å². The van der Waals surface area contributed by atoms with Crippen LogP contribution in [0.25, 0.3) is 0 Å². The summed E-state index contributed by atoms with van der Waals surface area (Å²) in [6.45, 7) is 2.47. The van der Waals surface area contributed by atoms with Crippen molar-refractivity contribution in [1.82, 2.24) is 5.32 Å². The Kier molecular flexibility index (Phi) is 5.53. The van der Waals surface area contributed by atoms with Crippen LogP contribution in [-0.4, -0.2) is 30.3 Å². The summed E-state index contributed by atoms with van der Waals surface area (Å²) in [6, 6.07) is 8.81. The van der Waals surface area contributed by atoms with Gasteiger partial charge in [0.2, 0.25) is 0 Å². The first kappa shape index (κ1) is 12.7. The van der Waals surface area contributed by atoms with Gasteiger partial charge >= 0.3 is 5.97 Å². The Bertz CT molecular complexity index is 313. The van der Waals surface area contributed by atoms with Crippen LogP contribution in [0.15, 0.2) is 30.3 Å². The van der Waals surface area contributed by atoms with Crippen molar-refractivity contribution in [3.05, 3.63) is 35.9 Å². The molecule has 0 aromatic heterocycles. The SMILES string of the molecule is CCN[C@H](CO)C(=O)OCc1ccccc1. The molecule has 0 spiro atoms. The van der Waals surface area contributed by atoms with Crippen molar-refractivity contribution in [2.45, 2.75) is 19.6 Å². The summed E-state index contributed by atoms with van der Waals surface area (Å²) in [6.07, 6.45) is 0. The van der Waals surface area contributed by atoms with Crippen molar-refractivity contribution in [3.63, 3.8) is 0 Å². The minimum absolute atomic E-state index is 0.238. The molecule has 0 bridgehead atoms. The molecule has 4 heteroatoms. The van der Waals surface area contributed by atoms with Crippen molar-refractivity contribution in [2.75, 3.05) is 13.2 Å².